The number of ether oxygens (including phenoxy) is 1. The van der Waals surface area contributed by atoms with Gasteiger partial charge in [-0.3, -0.25) is 4.79 Å². The van der Waals surface area contributed by atoms with Gasteiger partial charge < -0.3 is 19.9 Å². The van der Waals surface area contributed by atoms with Crippen molar-refractivity contribution >= 4 is 23.4 Å². The fourth-order valence-corrected chi connectivity index (χ4v) is 3.84. The van der Waals surface area contributed by atoms with E-state index in [1.54, 1.807) is 24.3 Å². The molecular formula is C23H22F2N4O4. The number of esters is 1. The van der Waals surface area contributed by atoms with Gasteiger partial charge in [-0.25, -0.2) is 13.6 Å². The van der Waals surface area contributed by atoms with Crippen LogP contribution in [-0.2, 0) is 9.53 Å². The number of halogens is 2. The Labute approximate surface area is 188 Å². The van der Waals surface area contributed by atoms with Gasteiger partial charge in [0.05, 0.1) is 18.7 Å². The molecule has 0 unspecified atom stereocenters. The Bertz CT molecular complexity index is 1140. The van der Waals surface area contributed by atoms with E-state index in [1.807, 2.05) is 0 Å². The van der Waals surface area contributed by atoms with Gasteiger partial charge in [-0.2, -0.15) is 4.98 Å². The van der Waals surface area contributed by atoms with Crippen molar-refractivity contribution in [2.24, 2.45) is 5.92 Å². The van der Waals surface area contributed by atoms with Crippen molar-refractivity contribution in [1.82, 2.24) is 10.1 Å². The van der Waals surface area contributed by atoms with Crippen LogP contribution in [0.4, 0.5) is 25.0 Å². The van der Waals surface area contributed by atoms with Crippen molar-refractivity contribution < 1.29 is 27.6 Å². The Morgan fingerprint density at radius 2 is 1.76 bits per heavy atom. The second kappa shape index (κ2) is 9.76. The maximum atomic E-state index is 13.7. The molecule has 2 amide bonds. The molecule has 8 nitrogen and oxygen atoms in total. The summed E-state index contributed by atoms with van der Waals surface area (Å²) in [6.45, 7) is 0. The first-order valence-electron chi connectivity index (χ1n) is 10.5. The van der Waals surface area contributed by atoms with Crippen LogP contribution < -0.4 is 10.6 Å². The molecule has 0 radical (unpaired) electrons. The first-order chi connectivity index (χ1) is 15.9. The number of urea groups is 1. The number of carbonyl (C=O) groups excluding carboxylic acids is 2. The van der Waals surface area contributed by atoms with Crippen molar-refractivity contribution in [3.8, 4) is 11.4 Å². The summed E-state index contributed by atoms with van der Waals surface area (Å²) >= 11 is 0. The normalized spacial score (nSPS) is 17.9. The molecule has 2 aromatic carbocycles. The summed E-state index contributed by atoms with van der Waals surface area (Å²) in [5.41, 5.74) is 1.03. The number of aromatic nitrogens is 2. The number of rotatable bonds is 5. The number of hydrogen-bond donors (Lipinski definition) is 2. The molecule has 0 saturated heterocycles. The van der Waals surface area contributed by atoms with Crippen molar-refractivity contribution in [3.05, 3.63) is 60.0 Å². The van der Waals surface area contributed by atoms with Crippen molar-refractivity contribution in [1.29, 1.82) is 0 Å². The summed E-state index contributed by atoms with van der Waals surface area (Å²) in [6, 6.07) is 8.95. The van der Waals surface area contributed by atoms with Crippen LogP contribution in [0.1, 0.15) is 37.5 Å². The molecule has 0 spiro atoms. The van der Waals surface area contributed by atoms with Gasteiger partial charge >= 0.3 is 12.0 Å². The van der Waals surface area contributed by atoms with E-state index in [-0.39, 0.29) is 23.5 Å². The van der Waals surface area contributed by atoms with Crippen LogP contribution in [0, 0.1) is 17.6 Å². The van der Waals surface area contributed by atoms with Gasteiger partial charge in [0, 0.05) is 23.2 Å². The standard InChI is InChI=1S/C23H22F2N4O4/c1-32-22(30)15-4-2-14(3-5-15)21-28-20(29-33-21)13-6-9-17(10-7-13)26-23(31)27-19-11-8-16(24)12-18(19)25/h6-12,14-15H,2-5H2,1H3,(H2,26,27,31). The number of methoxy groups -OCH3 is 1. The molecule has 33 heavy (non-hydrogen) atoms. The van der Waals surface area contributed by atoms with Crippen LogP contribution in [0.25, 0.3) is 11.4 Å². The van der Waals surface area contributed by atoms with Crippen LogP contribution in [0.2, 0.25) is 0 Å². The first-order valence-corrected chi connectivity index (χ1v) is 10.5. The minimum absolute atomic E-state index is 0.0783. The number of nitrogens with zero attached hydrogens (tertiary/aromatic N) is 2. The summed E-state index contributed by atoms with van der Waals surface area (Å²) in [5, 5.41) is 8.94. The molecule has 1 heterocycles. The quantitative estimate of drug-likeness (QED) is 0.517. The van der Waals surface area contributed by atoms with Crippen LogP contribution in [0.5, 0.6) is 0 Å². The summed E-state index contributed by atoms with van der Waals surface area (Å²) in [4.78, 5) is 28.3. The third-order valence-electron chi connectivity index (χ3n) is 5.63. The lowest BCUT2D eigenvalue weighted by molar-refractivity contribution is -0.146. The van der Waals surface area contributed by atoms with E-state index in [0.29, 0.717) is 29.0 Å². The highest BCUT2D eigenvalue weighted by molar-refractivity contribution is 5.99. The summed E-state index contributed by atoms with van der Waals surface area (Å²) in [5.74, 6) is -0.792. The number of amides is 2. The topological polar surface area (TPSA) is 106 Å². The molecule has 1 fully saturated rings. The second-order valence-electron chi connectivity index (χ2n) is 7.81. The number of nitrogens with one attached hydrogen (secondary N) is 2. The van der Waals surface area contributed by atoms with Gasteiger partial charge in [-0.15, -0.1) is 0 Å². The van der Waals surface area contributed by atoms with E-state index in [1.165, 1.54) is 7.11 Å². The summed E-state index contributed by atoms with van der Waals surface area (Å²) in [6.07, 6.45) is 2.99. The Kier molecular flexibility index (Phi) is 6.62. The SMILES string of the molecule is COC(=O)C1CCC(c2nc(-c3ccc(NC(=O)Nc4ccc(F)cc4F)cc3)no2)CC1. The zero-order chi connectivity index (χ0) is 23.4. The molecule has 10 heteroatoms. The number of hydrogen-bond acceptors (Lipinski definition) is 6. The van der Waals surface area contributed by atoms with E-state index in [0.717, 1.165) is 37.8 Å². The lowest BCUT2D eigenvalue weighted by atomic mass is 9.82. The molecule has 172 valence electrons. The Morgan fingerprint density at radius 1 is 1.03 bits per heavy atom. The molecule has 0 aliphatic heterocycles. The monoisotopic (exact) mass is 456 g/mol. The Morgan fingerprint density at radius 3 is 2.42 bits per heavy atom. The highest BCUT2D eigenvalue weighted by Crippen LogP contribution is 2.36. The average Bonchev–Trinajstić information content (AvgIpc) is 3.31. The van der Waals surface area contributed by atoms with Crippen molar-refractivity contribution in [2.45, 2.75) is 31.6 Å². The highest BCUT2D eigenvalue weighted by Gasteiger charge is 2.30. The zero-order valence-electron chi connectivity index (χ0n) is 17.8. The molecule has 1 aliphatic carbocycles. The maximum Gasteiger partial charge on any atom is 0.323 e. The molecule has 3 aromatic rings. The minimum atomic E-state index is -0.868. The lowest BCUT2D eigenvalue weighted by Crippen LogP contribution is -2.22. The molecule has 1 aliphatic rings. The predicted octanol–water partition coefficient (Wildman–Crippen LogP) is 5.11. The van der Waals surface area contributed by atoms with Gasteiger partial charge in [0.1, 0.15) is 11.6 Å². The third-order valence-corrected chi connectivity index (χ3v) is 5.63. The number of benzene rings is 2. The highest BCUT2D eigenvalue weighted by atomic mass is 19.1. The predicted molar refractivity (Wildman–Crippen MR) is 115 cm³/mol. The van der Waals surface area contributed by atoms with Crippen LogP contribution >= 0.6 is 0 Å². The molecular weight excluding hydrogens is 434 g/mol. The largest absolute Gasteiger partial charge is 0.469 e. The average molecular weight is 456 g/mol. The summed E-state index contributed by atoms with van der Waals surface area (Å²) in [7, 11) is 1.40. The van der Waals surface area contributed by atoms with E-state index >= 15 is 0 Å². The molecule has 1 saturated carbocycles. The Balaban J connectivity index is 1.34. The van der Waals surface area contributed by atoms with Gasteiger partial charge in [0.2, 0.25) is 11.7 Å². The van der Waals surface area contributed by atoms with Gasteiger partial charge in [0.15, 0.2) is 0 Å². The molecule has 1 aromatic heterocycles. The molecule has 0 bridgehead atoms. The minimum Gasteiger partial charge on any atom is -0.469 e. The van der Waals surface area contributed by atoms with Gasteiger partial charge in [-0.1, -0.05) is 5.16 Å². The lowest BCUT2D eigenvalue weighted by Gasteiger charge is -2.24. The van der Waals surface area contributed by atoms with Crippen molar-refractivity contribution in [3.63, 3.8) is 0 Å². The van der Waals surface area contributed by atoms with Crippen LogP contribution in [0.3, 0.4) is 0 Å². The smallest absolute Gasteiger partial charge is 0.323 e. The van der Waals surface area contributed by atoms with E-state index in [9.17, 15) is 18.4 Å². The second-order valence-corrected chi connectivity index (χ2v) is 7.81. The molecule has 2 N–H and O–H groups in total. The van der Waals surface area contributed by atoms with Gasteiger partial charge in [0.25, 0.3) is 0 Å². The van der Waals surface area contributed by atoms with Crippen LogP contribution in [-0.4, -0.2) is 29.3 Å². The number of anilines is 2. The van der Waals surface area contributed by atoms with Crippen LogP contribution in [0.15, 0.2) is 47.0 Å². The maximum absolute atomic E-state index is 13.7. The molecule has 4 rings (SSSR count). The Hall–Kier alpha value is -3.82. The van der Waals surface area contributed by atoms with Gasteiger partial charge in [-0.05, 0) is 62.1 Å². The fraction of sp³-hybridized carbons (Fsp3) is 0.304. The van der Waals surface area contributed by atoms with E-state index in [4.69, 9.17) is 9.26 Å². The van der Waals surface area contributed by atoms with E-state index in [2.05, 4.69) is 20.8 Å². The number of carbonyl (C=O) groups is 2. The first kappa shape index (κ1) is 22.4. The fourth-order valence-electron chi connectivity index (χ4n) is 3.84. The van der Waals surface area contributed by atoms with Crippen molar-refractivity contribution in [2.75, 3.05) is 17.7 Å². The summed E-state index contributed by atoms with van der Waals surface area (Å²) < 4.78 is 36.9. The van der Waals surface area contributed by atoms with E-state index < -0.39 is 17.7 Å². The molecule has 0 atom stereocenters. The zero-order valence-corrected chi connectivity index (χ0v) is 17.8. The third kappa shape index (κ3) is 5.33.